The maximum atomic E-state index is 6.34. The average Bonchev–Trinajstić information content (AvgIpc) is 3.18. The van der Waals surface area contributed by atoms with Crippen molar-refractivity contribution in [2.45, 2.75) is 37.8 Å². The van der Waals surface area contributed by atoms with Crippen LogP contribution in [-0.4, -0.2) is 19.9 Å². The Kier molecular flexibility index (Phi) is 2.78. The molecular weight excluding hydrogens is 266 g/mol. The second-order valence-corrected chi connectivity index (χ2v) is 5.76. The lowest BCUT2D eigenvalue weighted by molar-refractivity contribution is 0.342. The molecule has 0 aliphatic heterocycles. The fourth-order valence-corrected chi connectivity index (χ4v) is 2.99. The van der Waals surface area contributed by atoms with Crippen molar-refractivity contribution in [1.82, 2.24) is 19.9 Å². The molecule has 108 valence electrons. The van der Waals surface area contributed by atoms with Crippen LogP contribution in [0.25, 0.3) is 10.9 Å². The van der Waals surface area contributed by atoms with Gasteiger partial charge in [-0.25, -0.2) is 0 Å². The van der Waals surface area contributed by atoms with Crippen molar-refractivity contribution in [1.29, 1.82) is 0 Å². The highest BCUT2D eigenvalue weighted by molar-refractivity contribution is 5.77. The first-order valence-corrected chi connectivity index (χ1v) is 7.27. The number of nitrogens with two attached hydrogens (primary N) is 1. The first kappa shape index (κ1) is 12.5. The molecule has 2 aromatic heterocycles. The molecule has 1 aromatic carbocycles. The van der Waals surface area contributed by atoms with Crippen molar-refractivity contribution in [3.63, 3.8) is 0 Å². The third-order valence-corrected chi connectivity index (χ3v) is 4.17. The maximum Gasteiger partial charge on any atom is 0.248 e. The molecule has 0 radical (unpaired) electrons. The number of fused-ring (bicyclic) bond motifs is 1. The SMILES string of the molecule is NC1(c2noc(Cn3cc4ccccc4n3)n2)CCCC1. The summed E-state index contributed by atoms with van der Waals surface area (Å²) in [6.45, 7) is 0.470. The van der Waals surface area contributed by atoms with E-state index in [0.29, 0.717) is 18.3 Å². The van der Waals surface area contributed by atoms with Crippen molar-refractivity contribution in [3.05, 3.63) is 42.2 Å². The van der Waals surface area contributed by atoms with Gasteiger partial charge in [-0.05, 0) is 18.9 Å². The van der Waals surface area contributed by atoms with Gasteiger partial charge in [0, 0.05) is 11.6 Å². The maximum absolute atomic E-state index is 6.34. The van der Waals surface area contributed by atoms with Gasteiger partial charge < -0.3 is 10.3 Å². The normalized spacial score (nSPS) is 17.6. The summed E-state index contributed by atoms with van der Waals surface area (Å²) in [5, 5.41) is 9.66. The Morgan fingerprint density at radius 3 is 2.86 bits per heavy atom. The van der Waals surface area contributed by atoms with Crippen LogP contribution in [0.3, 0.4) is 0 Å². The van der Waals surface area contributed by atoms with Crippen molar-refractivity contribution < 1.29 is 4.52 Å². The van der Waals surface area contributed by atoms with Gasteiger partial charge in [0.05, 0.1) is 11.1 Å². The number of hydrogen-bond donors (Lipinski definition) is 1. The lowest BCUT2D eigenvalue weighted by Crippen LogP contribution is -2.34. The van der Waals surface area contributed by atoms with Gasteiger partial charge in [0.1, 0.15) is 6.54 Å². The third-order valence-electron chi connectivity index (χ3n) is 4.17. The minimum atomic E-state index is -0.406. The Morgan fingerprint density at radius 1 is 1.24 bits per heavy atom. The van der Waals surface area contributed by atoms with Crippen LogP contribution in [0.15, 0.2) is 35.0 Å². The first-order valence-electron chi connectivity index (χ1n) is 7.27. The van der Waals surface area contributed by atoms with Gasteiger partial charge >= 0.3 is 0 Å². The fourth-order valence-electron chi connectivity index (χ4n) is 2.99. The topological polar surface area (TPSA) is 82.8 Å². The quantitative estimate of drug-likeness (QED) is 0.796. The first-order chi connectivity index (χ1) is 10.2. The molecule has 6 nitrogen and oxygen atoms in total. The molecule has 2 heterocycles. The van der Waals surface area contributed by atoms with E-state index in [2.05, 4.69) is 15.2 Å². The Balaban J connectivity index is 1.58. The van der Waals surface area contributed by atoms with E-state index in [-0.39, 0.29) is 0 Å². The summed E-state index contributed by atoms with van der Waals surface area (Å²) >= 11 is 0. The van der Waals surface area contributed by atoms with Crippen LogP contribution in [0, 0.1) is 0 Å². The van der Waals surface area contributed by atoms with Gasteiger partial charge in [0.2, 0.25) is 5.89 Å². The van der Waals surface area contributed by atoms with E-state index in [9.17, 15) is 0 Å². The lowest BCUT2D eigenvalue weighted by atomic mass is 9.99. The van der Waals surface area contributed by atoms with E-state index in [0.717, 1.165) is 36.6 Å². The third kappa shape index (κ3) is 2.21. The van der Waals surface area contributed by atoms with Gasteiger partial charge in [-0.2, -0.15) is 10.1 Å². The average molecular weight is 283 g/mol. The van der Waals surface area contributed by atoms with Crippen molar-refractivity contribution in [2.75, 3.05) is 0 Å². The molecule has 21 heavy (non-hydrogen) atoms. The predicted octanol–water partition coefficient (Wildman–Crippen LogP) is 2.20. The number of aromatic nitrogens is 4. The predicted molar refractivity (Wildman–Crippen MR) is 77.5 cm³/mol. The molecule has 1 saturated carbocycles. The monoisotopic (exact) mass is 283 g/mol. The Labute approximate surface area is 121 Å². The minimum Gasteiger partial charge on any atom is -0.337 e. The van der Waals surface area contributed by atoms with Crippen LogP contribution in [0.1, 0.15) is 37.4 Å². The molecule has 0 bridgehead atoms. The lowest BCUT2D eigenvalue weighted by Gasteiger charge is -2.17. The van der Waals surface area contributed by atoms with Gasteiger partial charge in [-0.1, -0.05) is 36.2 Å². The molecule has 0 spiro atoms. The molecule has 1 aliphatic rings. The van der Waals surface area contributed by atoms with Crippen LogP contribution in [-0.2, 0) is 12.1 Å². The van der Waals surface area contributed by atoms with E-state index < -0.39 is 5.54 Å². The van der Waals surface area contributed by atoms with Crippen LogP contribution in [0.5, 0.6) is 0 Å². The zero-order chi connectivity index (χ0) is 14.3. The summed E-state index contributed by atoms with van der Waals surface area (Å²) in [6, 6.07) is 7.99. The molecule has 0 atom stereocenters. The molecule has 1 aliphatic carbocycles. The summed E-state index contributed by atoms with van der Waals surface area (Å²) in [5.41, 5.74) is 6.90. The summed E-state index contributed by atoms with van der Waals surface area (Å²) in [4.78, 5) is 4.47. The summed E-state index contributed by atoms with van der Waals surface area (Å²) in [7, 11) is 0. The number of nitrogens with zero attached hydrogens (tertiary/aromatic N) is 4. The van der Waals surface area contributed by atoms with E-state index in [1.807, 2.05) is 35.1 Å². The summed E-state index contributed by atoms with van der Waals surface area (Å²) < 4.78 is 7.16. The molecule has 0 amide bonds. The molecule has 0 unspecified atom stereocenters. The Morgan fingerprint density at radius 2 is 2.05 bits per heavy atom. The number of hydrogen-bond acceptors (Lipinski definition) is 5. The molecule has 3 aromatic rings. The number of benzene rings is 1. The molecule has 0 saturated heterocycles. The van der Waals surface area contributed by atoms with Gasteiger partial charge in [-0.15, -0.1) is 0 Å². The highest BCUT2D eigenvalue weighted by Gasteiger charge is 2.35. The Bertz CT molecular complexity index is 736. The van der Waals surface area contributed by atoms with Gasteiger partial charge in [0.15, 0.2) is 5.82 Å². The van der Waals surface area contributed by atoms with Gasteiger partial charge in [0.25, 0.3) is 0 Å². The molecule has 4 rings (SSSR count). The highest BCUT2D eigenvalue weighted by Crippen LogP contribution is 2.34. The van der Waals surface area contributed by atoms with E-state index >= 15 is 0 Å². The zero-order valence-electron chi connectivity index (χ0n) is 11.7. The highest BCUT2D eigenvalue weighted by atomic mass is 16.5. The molecular formula is C15H17N5O. The van der Waals surface area contributed by atoms with Crippen LogP contribution >= 0.6 is 0 Å². The smallest absolute Gasteiger partial charge is 0.248 e. The van der Waals surface area contributed by atoms with Crippen LogP contribution < -0.4 is 5.73 Å². The van der Waals surface area contributed by atoms with Crippen LogP contribution in [0.4, 0.5) is 0 Å². The van der Waals surface area contributed by atoms with Crippen molar-refractivity contribution >= 4 is 10.9 Å². The van der Waals surface area contributed by atoms with E-state index in [4.69, 9.17) is 10.3 Å². The molecule has 6 heteroatoms. The Hall–Kier alpha value is -2.21. The summed E-state index contributed by atoms with van der Waals surface area (Å²) in [6.07, 6.45) is 6.10. The fraction of sp³-hybridized carbons (Fsp3) is 0.400. The standard InChI is InChI=1S/C15H17N5O/c16-15(7-3-4-8-15)14-17-13(21-19-14)10-20-9-11-5-1-2-6-12(11)18-20/h1-2,5-6,9H,3-4,7-8,10,16H2. The second-order valence-electron chi connectivity index (χ2n) is 5.76. The zero-order valence-corrected chi connectivity index (χ0v) is 11.7. The van der Waals surface area contributed by atoms with E-state index in [1.165, 1.54) is 0 Å². The number of rotatable bonds is 3. The van der Waals surface area contributed by atoms with Gasteiger partial charge in [-0.3, -0.25) is 4.68 Å². The van der Waals surface area contributed by atoms with Crippen molar-refractivity contribution in [2.24, 2.45) is 5.73 Å². The molecule has 1 fully saturated rings. The van der Waals surface area contributed by atoms with E-state index in [1.54, 1.807) is 0 Å². The van der Waals surface area contributed by atoms with Crippen LogP contribution in [0.2, 0.25) is 0 Å². The van der Waals surface area contributed by atoms with Crippen molar-refractivity contribution in [3.8, 4) is 0 Å². The summed E-state index contributed by atoms with van der Waals surface area (Å²) in [5.74, 6) is 1.18. The largest absolute Gasteiger partial charge is 0.337 e. The molecule has 2 N–H and O–H groups in total. The minimum absolute atomic E-state index is 0.406. The second kappa shape index (κ2) is 4.66.